The lowest BCUT2D eigenvalue weighted by molar-refractivity contribution is -0.142. The summed E-state index contributed by atoms with van der Waals surface area (Å²) in [6, 6.07) is 8.43. The second-order valence-electron chi connectivity index (χ2n) is 4.68. The largest absolute Gasteiger partial charge is 0.466 e. The van der Waals surface area contributed by atoms with E-state index in [9.17, 15) is 4.79 Å². The Labute approximate surface area is 129 Å². The van der Waals surface area contributed by atoms with Gasteiger partial charge in [0.05, 0.1) is 18.7 Å². The number of aryl methyl sites for hydroxylation is 1. The third-order valence-corrected chi connectivity index (χ3v) is 4.16. The normalized spacial score (nSPS) is 10.4. The number of carbonyl (C=O) groups excluding carboxylic acids is 1. The number of thiazole rings is 1. The number of aromatic nitrogens is 1. The number of hydrogen-bond donors (Lipinski definition) is 0. The fourth-order valence-corrected chi connectivity index (χ4v) is 2.77. The van der Waals surface area contributed by atoms with Gasteiger partial charge in [-0.1, -0.05) is 19.1 Å². The van der Waals surface area contributed by atoms with Crippen molar-refractivity contribution in [3.8, 4) is 0 Å². The van der Waals surface area contributed by atoms with Gasteiger partial charge in [0.25, 0.3) is 0 Å². The van der Waals surface area contributed by atoms with Gasteiger partial charge in [-0.25, -0.2) is 4.98 Å². The fourth-order valence-electron chi connectivity index (χ4n) is 1.96. The zero-order valence-electron chi connectivity index (χ0n) is 12.6. The Kier molecular flexibility index (Phi) is 5.33. The fraction of sp³-hybridized carbons (Fsp3) is 0.375. The molecule has 21 heavy (non-hydrogen) atoms. The van der Waals surface area contributed by atoms with Crippen LogP contribution in [-0.2, 0) is 22.4 Å². The topological polar surface area (TPSA) is 42.4 Å². The molecule has 0 fully saturated rings. The van der Waals surface area contributed by atoms with Gasteiger partial charge in [0.2, 0.25) is 0 Å². The van der Waals surface area contributed by atoms with Gasteiger partial charge in [0.15, 0.2) is 5.13 Å². The summed E-state index contributed by atoms with van der Waals surface area (Å²) in [5, 5.41) is 2.78. The predicted molar refractivity (Wildman–Crippen MR) is 86.3 cm³/mol. The van der Waals surface area contributed by atoms with Crippen molar-refractivity contribution in [1.29, 1.82) is 0 Å². The molecule has 2 aromatic rings. The molecule has 1 aromatic heterocycles. The number of benzene rings is 1. The lowest BCUT2D eigenvalue weighted by atomic mass is 10.1. The molecule has 0 radical (unpaired) electrons. The number of nitrogens with zero attached hydrogens (tertiary/aromatic N) is 2. The molecule has 0 unspecified atom stereocenters. The zero-order valence-corrected chi connectivity index (χ0v) is 13.4. The van der Waals surface area contributed by atoms with Crippen LogP contribution in [0.5, 0.6) is 0 Å². The molecule has 0 aliphatic carbocycles. The van der Waals surface area contributed by atoms with Crippen LogP contribution in [-0.4, -0.2) is 24.6 Å². The van der Waals surface area contributed by atoms with E-state index >= 15 is 0 Å². The van der Waals surface area contributed by atoms with E-state index in [0.717, 1.165) is 22.9 Å². The molecule has 2 rings (SSSR count). The number of carbonyl (C=O) groups is 1. The van der Waals surface area contributed by atoms with Crippen LogP contribution in [0.1, 0.15) is 25.1 Å². The summed E-state index contributed by atoms with van der Waals surface area (Å²) in [6.07, 6.45) is 1.26. The van der Waals surface area contributed by atoms with E-state index in [-0.39, 0.29) is 12.4 Å². The van der Waals surface area contributed by atoms with Gasteiger partial charge in [-0.15, -0.1) is 11.3 Å². The Hall–Kier alpha value is -1.88. The molecule has 0 atom stereocenters. The first-order valence-electron chi connectivity index (χ1n) is 7.06. The van der Waals surface area contributed by atoms with Crippen LogP contribution in [0.3, 0.4) is 0 Å². The van der Waals surface area contributed by atoms with Crippen LogP contribution in [0.25, 0.3) is 0 Å². The van der Waals surface area contributed by atoms with E-state index in [1.165, 1.54) is 16.9 Å². The van der Waals surface area contributed by atoms with Gasteiger partial charge >= 0.3 is 5.97 Å². The highest BCUT2D eigenvalue weighted by atomic mass is 32.1. The highest BCUT2D eigenvalue weighted by molar-refractivity contribution is 7.13. The average Bonchev–Trinajstić information content (AvgIpc) is 2.95. The lowest BCUT2D eigenvalue weighted by Crippen LogP contribution is -2.10. The van der Waals surface area contributed by atoms with E-state index < -0.39 is 0 Å². The first-order valence-corrected chi connectivity index (χ1v) is 7.94. The number of ether oxygens (including phenoxy) is 1. The number of hydrogen-bond acceptors (Lipinski definition) is 5. The molecule has 1 heterocycles. The van der Waals surface area contributed by atoms with Crippen molar-refractivity contribution in [2.45, 2.75) is 26.7 Å². The Balaban J connectivity index is 2.07. The molecule has 0 amide bonds. The Bertz CT molecular complexity index is 593. The molecule has 0 N–H and O–H groups in total. The van der Waals surface area contributed by atoms with Crippen molar-refractivity contribution >= 4 is 28.1 Å². The first kappa shape index (κ1) is 15.5. The quantitative estimate of drug-likeness (QED) is 0.765. The lowest BCUT2D eigenvalue weighted by Gasteiger charge is -2.16. The molecule has 5 heteroatoms. The van der Waals surface area contributed by atoms with Gasteiger partial charge in [-0.2, -0.15) is 0 Å². The molecule has 4 nitrogen and oxygen atoms in total. The molecule has 0 aliphatic rings. The standard InChI is InChI=1S/C16H20N2O2S/c1-4-12-6-8-14(9-7-12)18(3)16-17-13(11-21-16)10-15(19)20-5-2/h6-9,11H,4-5,10H2,1-3H3. The Morgan fingerprint density at radius 3 is 2.62 bits per heavy atom. The van der Waals surface area contributed by atoms with Gasteiger partial charge in [0, 0.05) is 18.1 Å². The second kappa shape index (κ2) is 7.22. The molecule has 0 saturated heterocycles. The number of rotatable bonds is 6. The minimum atomic E-state index is -0.232. The van der Waals surface area contributed by atoms with Crippen molar-refractivity contribution in [3.63, 3.8) is 0 Å². The van der Waals surface area contributed by atoms with E-state index in [0.29, 0.717) is 6.61 Å². The third kappa shape index (κ3) is 4.04. The second-order valence-corrected chi connectivity index (χ2v) is 5.52. The van der Waals surface area contributed by atoms with E-state index in [1.54, 1.807) is 6.92 Å². The predicted octanol–water partition coefficient (Wildman–Crippen LogP) is 3.58. The van der Waals surface area contributed by atoms with E-state index in [1.807, 2.05) is 17.3 Å². The molecule has 1 aromatic carbocycles. The molecular weight excluding hydrogens is 284 g/mol. The van der Waals surface area contributed by atoms with E-state index in [4.69, 9.17) is 4.74 Å². The van der Waals surface area contributed by atoms with Crippen molar-refractivity contribution in [1.82, 2.24) is 4.98 Å². The SMILES string of the molecule is CCOC(=O)Cc1csc(N(C)c2ccc(CC)cc2)n1. The maximum atomic E-state index is 11.5. The number of esters is 1. The van der Waals surface area contributed by atoms with Crippen molar-refractivity contribution in [2.24, 2.45) is 0 Å². The smallest absolute Gasteiger partial charge is 0.311 e. The molecule has 0 spiro atoms. The molecule has 0 bridgehead atoms. The summed E-state index contributed by atoms with van der Waals surface area (Å²) in [6.45, 7) is 4.35. The van der Waals surface area contributed by atoms with Crippen LogP contribution in [0.2, 0.25) is 0 Å². The summed E-state index contributed by atoms with van der Waals surface area (Å²) in [5.74, 6) is -0.232. The zero-order chi connectivity index (χ0) is 15.2. The van der Waals surface area contributed by atoms with Gasteiger partial charge < -0.3 is 9.64 Å². The van der Waals surface area contributed by atoms with E-state index in [2.05, 4.69) is 36.2 Å². The summed E-state index contributed by atoms with van der Waals surface area (Å²) in [7, 11) is 1.98. The van der Waals surface area contributed by atoms with Gasteiger partial charge in [0.1, 0.15) is 0 Å². The van der Waals surface area contributed by atoms with Crippen LogP contribution in [0, 0.1) is 0 Å². The highest BCUT2D eigenvalue weighted by Crippen LogP contribution is 2.27. The Morgan fingerprint density at radius 2 is 2.00 bits per heavy atom. The minimum Gasteiger partial charge on any atom is -0.466 e. The maximum Gasteiger partial charge on any atom is 0.311 e. The minimum absolute atomic E-state index is 0.229. The van der Waals surface area contributed by atoms with Gasteiger partial charge in [-0.3, -0.25) is 4.79 Å². The molecule has 0 saturated carbocycles. The van der Waals surface area contributed by atoms with Crippen LogP contribution in [0.15, 0.2) is 29.6 Å². The van der Waals surface area contributed by atoms with Crippen molar-refractivity contribution in [2.75, 3.05) is 18.6 Å². The summed E-state index contributed by atoms with van der Waals surface area (Å²) < 4.78 is 4.94. The highest BCUT2D eigenvalue weighted by Gasteiger charge is 2.12. The third-order valence-electron chi connectivity index (χ3n) is 3.19. The summed E-state index contributed by atoms with van der Waals surface area (Å²) in [5.41, 5.74) is 3.16. The first-order chi connectivity index (χ1) is 10.1. The summed E-state index contributed by atoms with van der Waals surface area (Å²) >= 11 is 1.53. The van der Waals surface area contributed by atoms with Crippen LogP contribution >= 0.6 is 11.3 Å². The van der Waals surface area contributed by atoms with Crippen LogP contribution in [0.4, 0.5) is 10.8 Å². The average molecular weight is 304 g/mol. The maximum absolute atomic E-state index is 11.5. The Morgan fingerprint density at radius 1 is 1.29 bits per heavy atom. The monoisotopic (exact) mass is 304 g/mol. The van der Waals surface area contributed by atoms with Gasteiger partial charge in [-0.05, 0) is 31.0 Å². The molecule has 0 aliphatic heterocycles. The summed E-state index contributed by atoms with van der Waals surface area (Å²) in [4.78, 5) is 18.0. The van der Waals surface area contributed by atoms with Crippen molar-refractivity contribution < 1.29 is 9.53 Å². The van der Waals surface area contributed by atoms with Crippen molar-refractivity contribution in [3.05, 3.63) is 40.9 Å². The van der Waals surface area contributed by atoms with Crippen LogP contribution < -0.4 is 4.90 Å². The number of anilines is 2. The molecule has 112 valence electrons. The molecular formula is C16H20N2O2S.